The summed E-state index contributed by atoms with van der Waals surface area (Å²) in [7, 11) is 0. The van der Waals surface area contributed by atoms with Crippen molar-refractivity contribution < 1.29 is 4.79 Å². The second-order valence-electron chi connectivity index (χ2n) is 3.31. The van der Waals surface area contributed by atoms with Crippen LogP contribution in [0.3, 0.4) is 0 Å². The molecule has 0 fully saturated rings. The highest BCUT2D eigenvalue weighted by molar-refractivity contribution is 9.10. The van der Waals surface area contributed by atoms with E-state index in [9.17, 15) is 4.79 Å². The van der Waals surface area contributed by atoms with E-state index in [-0.39, 0.29) is 11.8 Å². The van der Waals surface area contributed by atoms with Gasteiger partial charge in [0.2, 0.25) is 5.91 Å². The SMILES string of the molecule is CC[C@@H](C)C(=O)Nc1cccc(Br)c1. The van der Waals surface area contributed by atoms with Gasteiger partial charge in [0.25, 0.3) is 0 Å². The standard InChI is InChI=1S/C11H14BrNO/c1-3-8(2)11(14)13-10-6-4-5-9(12)7-10/h4-8H,3H2,1-2H3,(H,13,14)/t8-/m1/s1. The fourth-order valence-corrected chi connectivity index (χ4v) is 1.42. The summed E-state index contributed by atoms with van der Waals surface area (Å²) in [6.07, 6.45) is 0.861. The van der Waals surface area contributed by atoms with Crippen LogP contribution >= 0.6 is 15.9 Å². The van der Waals surface area contributed by atoms with E-state index in [1.807, 2.05) is 38.1 Å². The maximum atomic E-state index is 11.5. The third kappa shape index (κ3) is 3.14. The molecule has 76 valence electrons. The van der Waals surface area contributed by atoms with Crippen molar-refractivity contribution in [3.05, 3.63) is 28.7 Å². The second-order valence-corrected chi connectivity index (χ2v) is 4.22. The van der Waals surface area contributed by atoms with Gasteiger partial charge in [-0.3, -0.25) is 4.79 Å². The first-order valence-electron chi connectivity index (χ1n) is 4.70. The molecule has 1 N–H and O–H groups in total. The van der Waals surface area contributed by atoms with Crippen molar-refractivity contribution in [1.82, 2.24) is 0 Å². The first-order valence-corrected chi connectivity index (χ1v) is 5.49. The first kappa shape index (κ1) is 11.2. The monoisotopic (exact) mass is 255 g/mol. The number of benzene rings is 1. The van der Waals surface area contributed by atoms with Gasteiger partial charge in [-0.15, -0.1) is 0 Å². The number of hydrogen-bond donors (Lipinski definition) is 1. The number of anilines is 1. The minimum absolute atomic E-state index is 0.0639. The number of halogens is 1. The van der Waals surface area contributed by atoms with Crippen LogP contribution in [0.25, 0.3) is 0 Å². The Bertz CT molecular complexity index is 325. The zero-order chi connectivity index (χ0) is 10.6. The lowest BCUT2D eigenvalue weighted by molar-refractivity contribution is -0.119. The Hall–Kier alpha value is -0.830. The summed E-state index contributed by atoms with van der Waals surface area (Å²) < 4.78 is 0.972. The average Bonchev–Trinajstić information content (AvgIpc) is 2.16. The third-order valence-electron chi connectivity index (χ3n) is 2.15. The molecule has 0 aromatic heterocycles. The molecule has 1 rings (SSSR count). The predicted octanol–water partition coefficient (Wildman–Crippen LogP) is 3.43. The van der Waals surface area contributed by atoms with Gasteiger partial charge in [0.1, 0.15) is 0 Å². The molecule has 0 aliphatic carbocycles. The molecule has 0 aliphatic heterocycles. The molecule has 2 nitrogen and oxygen atoms in total. The smallest absolute Gasteiger partial charge is 0.227 e. The molecular formula is C11H14BrNO. The Balaban J connectivity index is 2.65. The van der Waals surface area contributed by atoms with E-state index >= 15 is 0 Å². The van der Waals surface area contributed by atoms with E-state index in [2.05, 4.69) is 21.2 Å². The molecule has 0 saturated carbocycles. The van der Waals surface area contributed by atoms with Gasteiger partial charge in [-0.2, -0.15) is 0 Å². The molecule has 0 aliphatic rings. The normalized spacial score (nSPS) is 12.2. The minimum atomic E-state index is 0.0639. The van der Waals surface area contributed by atoms with Gasteiger partial charge in [0.15, 0.2) is 0 Å². The Morgan fingerprint density at radius 2 is 2.29 bits per heavy atom. The number of hydrogen-bond acceptors (Lipinski definition) is 1. The van der Waals surface area contributed by atoms with Crippen molar-refractivity contribution in [1.29, 1.82) is 0 Å². The van der Waals surface area contributed by atoms with Crippen molar-refractivity contribution >= 4 is 27.5 Å². The van der Waals surface area contributed by atoms with E-state index in [0.717, 1.165) is 16.6 Å². The lowest BCUT2D eigenvalue weighted by Crippen LogP contribution is -2.19. The zero-order valence-corrected chi connectivity index (χ0v) is 9.97. The van der Waals surface area contributed by atoms with Crippen LogP contribution in [-0.2, 0) is 4.79 Å². The van der Waals surface area contributed by atoms with Crippen molar-refractivity contribution in [3.63, 3.8) is 0 Å². The summed E-state index contributed by atoms with van der Waals surface area (Å²) in [5, 5.41) is 2.86. The van der Waals surface area contributed by atoms with Crippen LogP contribution in [0, 0.1) is 5.92 Å². The summed E-state index contributed by atoms with van der Waals surface area (Å²) in [5.74, 6) is 0.139. The van der Waals surface area contributed by atoms with Crippen molar-refractivity contribution in [3.8, 4) is 0 Å². The van der Waals surface area contributed by atoms with E-state index in [0.29, 0.717) is 0 Å². The Labute approximate surface area is 92.8 Å². The van der Waals surface area contributed by atoms with Crippen LogP contribution in [-0.4, -0.2) is 5.91 Å². The fraction of sp³-hybridized carbons (Fsp3) is 0.364. The quantitative estimate of drug-likeness (QED) is 0.881. The molecule has 0 radical (unpaired) electrons. The molecular weight excluding hydrogens is 242 g/mol. The van der Waals surface area contributed by atoms with Gasteiger partial charge in [0, 0.05) is 16.1 Å². The predicted molar refractivity (Wildman–Crippen MR) is 62.2 cm³/mol. The number of carbonyl (C=O) groups excluding carboxylic acids is 1. The fourth-order valence-electron chi connectivity index (χ4n) is 1.02. The van der Waals surface area contributed by atoms with Crippen molar-refractivity contribution in [2.45, 2.75) is 20.3 Å². The minimum Gasteiger partial charge on any atom is -0.326 e. The molecule has 0 spiro atoms. The van der Waals surface area contributed by atoms with Crippen LogP contribution in [0.1, 0.15) is 20.3 Å². The summed E-state index contributed by atoms with van der Waals surface area (Å²) in [5.41, 5.74) is 0.838. The Kier molecular flexibility index (Phi) is 4.14. The van der Waals surface area contributed by atoms with Crippen molar-refractivity contribution in [2.75, 3.05) is 5.32 Å². The molecule has 1 atom stereocenters. The number of rotatable bonds is 3. The van der Waals surface area contributed by atoms with Gasteiger partial charge in [-0.25, -0.2) is 0 Å². The molecule has 1 aromatic carbocycles. The van der Waals surface area contributed by atoms with Gasteiger partial charge >= 0.3 is 0 Å². The van der Waals surface area contributed by atoms with Gasteiger partial charge in [0.05, 0.1) is 0 Å². The van der Waals surface area contributed by atoms with E-state index < -0.39 is 0 Å². The number of carbonyl (C=O) groups is 1. The maximum Gasteiger partial charge on any atom is 0.227 e. The molecule has 1 aromatic rings. The van der Waals surface area contributed by atoms with Gasteiger partial charge in [-0.05, 0) is 24.6 Å². The molecule has 0 bridgehead atoms. The molecule has 14 heavy (non-hydrogen) atoms. The van der Waals surface area contributed by atoms with E-state index in [1.165, 1.54) is 0 Å². The summed E-state index contributed by atoms with van der Waals surface area (Å²) in [6, 6.07) is 7.60. The maximum absolute atomic E-state index is 11.5. The highest BCUT2D eigenvalue weighted by Gasteiger charge is 2.09. The summed E-state index contributed by atoms with van der Waals surface area (Å²) in [4.78, 5) is 11.5. The Morgan fingerprint density at radius 3 is 2.86 bits per heavy atom. The largest absolute Gasteiger partial charge is 0.326 e. The number of nitrogens with one attached hydrogen (secondary N) is 1. The first-order chi connectivity index (χ1) is 6.63. The third-order valence-corrected chi connectivity index (χ3v) is 2.65. The van der Waals surface area contributed by atoms with Gasteiger partial charge < -0.3 is 5.32 Å². The highest BCUT2D eigenvalue weighted by Crippen LogP contribution is 2.16. The van der Waals surface area contributed by atoms with E-state index in [4.69, 9.17) is 0 Å². The highest BCUT2D eigenvalue weighted by atomic mass is 79.9. The molecule has 0 saturated heterocycles. The van der Waals surface area contributed by atoms with Crippen LogP contribution in [0.15, 0.2) is 28.7 Å². The second kappa shape index (κ2) is 5.15. The number of amides is 1. The lowest BCUT2D eigenvalue weighted by Gasteiger charge is -2.09. The van der Waals surface area contributed by atoms with E-state index in [1.54, 1.807) is 0 Å². The molecule has 0 heterocycles. The Morgan fingerprint density at radius 1 is 1.57 bits per heavy atom. The van der Waals surface area contributed by atoms with Crippen LogP contribution in [0.2, 0.25) is 0 Å². The summed E-state index contributed by atoms with van der Waals surface area (Å²) in [6.45, 7) is 3.93. The summed E-state index contributed by atoms with van der Waals surface area (Å²) >= 11 is 3.35. The van der Waals surface area contributed by atoms with Crippen LogP contribution in [0.5, 0.6) is 0 Å². The van der Waals surface area contributed by atoms with Crippen molar-refractivity contribution in [2.24, 2.45) is 5.92 Å². The molecule has 0 unspecified atom stereocenters. The zero-order valence-electron chi connectivity index (χ0n) is 8.38. The van der Waals surface area contributed by atoms with Crippen LogP contribution < -0.4 is 5.32 Å². The molecule has 1 amide bonds. The topological polar surface area (TPSA) is 29.1 Å². The van der Waals surface area contributed by atoms with Gasteiger partial charge in [-0.1, -0.05) is 35.8 Å². The molecule has 3 heteroatoms. The lowest BCUT2D eigenvalue weighted by atomic mass is 10.1. The van der Waals surface area contributed by atoms with Crippen LogP contribution in [0.4, 0.5) is 5.69 Å². The average molecular weight is 256 g/mol.